The van der Waals surface area contributed by atoms with Crippen molar-refractivity contribution in [3.8, 4) is 0 Å². The molecule has 5 heteroatoms. The summed E-state index contributed by atoms with van der Waals surface area (Å²) in [6.07, 6.45) is 0. The molecule has 2 rings (SSSR count). The highest BCUT2D eigenvalue weighted by molar-refractivity contribution is 9.10. The van der Waals surface area contributed by atoms with Crippen molar-refractivity contribution in [3.05, 3.63) is 64.1 Å². The van der Waals surface area contributed by atoms with Crippen LogP contribution in [0.5, 0.6) is 0 Å². The van der Waals surface area contributed by atoms with Gasteiger partial charge in [0.1, 0.15) is 11.6 Å². The molecule has 0 aliphatic heterocycles. The maximum atomic E-state index is 13.7. The molecule has 0 radical (unpaired) electrons. The minimum absolute atomic E-state index is 0.207. The molecule has 2 aromatic carbocycles. The lowest BCUT2D eigenvalue weighted by atomic mass is 10.1. The molecule has 1 atom stereocenters. The highest BCUT2D eigenvalue weighted by atomic mass is 79.9. The lowest BCUT2D eigenvalue weighted by Crippen LogP contribution is -2.21. The summed E-state index contributed by atoms with van der Waals surface area (Å²) in [5.41, 5.74) is 6.83. The topological polar surface area (TPSA) is 38.0 Å². The SMILES string of the molecule is NCC(Nc1ccc(Br)cc1)c1ccc(F)cc1F. The molecule has 0 bridgehead atoms. The van der Waals surface area contributed by atoms with Gasteiger partial charge < -0.3 is 11.1 Å². The third kappa shape index (κ3) is 3.52. The average Bonchev–Trinajstić information content (AvgIpc) is 2.39. The molecule has 1 unspecified atom stereocenters. The van der Waals surface area contributed by atoms with Gasteiger partial charge in [0.15, 0.2) is 0 Å². The Morgan fingerprint density at radius 2 is 1.79 bits per heavy atom. The van der Waals surface area contributed by atoms with Gasteiger partial charge in [-0.25, -0.2) is 8.78 Å². The van der Waals surface area contributed by atoms with Crippen molar-refractivity contribution in [3.63, 3.8) is 0 Å². The molecule has 0 aliphatic rings. The van der Waals surface area contributed by atoms with Gasteiger partial charge in [-0.05, 0) is 30.3 Å². The number of rotatable bonds is 4. The Balaban J connectivity index is 2.22. The van der Waals surface area contributed by atoms with E-state index < -0.39 is 17.7 Å². The number of halogens is 3. The molecule has 0 saturated carbocycles. The van der Waals surface area contributed by atoms with Gasteiger partial charge in [0.25, 0.3) is 0 Å². The number of nitrogens with one attached hydrogen (secondary N) is 1. The average molecular weight is 327 g/mol. The molecule has 0 spiro atoms. The zero-order chi connectivity index (χ0) is 13.8. The summed E-state index contributed by atoms with van der Waals surface area (Å²) in [6.45, 7) is 0.207. The first-order valence-electron chi connectivity index (χ1n) is 5.77. The van der Waals surface area contributed by atoms with Gasteiger partial charge in [0.05, 0.1) is 6.04 Å². The highest BCUT2D eigenvalue weighted by Gasteiger charge is 2.14. The van der Waals surface area contributed by atoms with Crippen LogP contribution in [0.2, 0.25) is 0 Å². The number of anilines is 1. The largest absolute Gasteiger partial charge is 0.377 e. The Hall–Kier alpha value is -1.46. The molecule has 0 aromatic heterocycles. The molecule has 2 aromatic rings. The van der Waals surface area contributed by atoms with Crippen molar-refractivity contribution < 1.29 is 8.78 Å². The van der Waals surface area contributed by atoms with E-state index in [0.717, 1.165) is 16.2 Å². The monoisotopic (exact) mass is 326 g/mol. The maximum absolute atomic E-state index is 13.7. The van der Waals surface area contributed by atoms with Crippen molar-refractivity contribution in [2.75, 3.05) is 11.9 Å². The number of hydrogen-bond acceptors (Lipinski definition) is 2. The summed E-state index contributed by atoms with van der Waals surface area (Å²) >= 11 is 3.34. The summed E-state index contributed by atoms with van der Waals surface area (Å²) in [5, 5.41) is 3.12. The molecule has 0 aliphatic carbocycles. The van der Waals surface area contributed by atoms with E-state index in [-0.39, 0.29) is 6.54 Å². The van der Waals surface area contributed by atoms with E-state index in [1.54, 1.807) is 0 Å². The van der Waals surface area contributed by atoms with Crippen molar-refractivity contribution >= 4 is 21.6 Å². The lowest BCUT2D eigenvalue weighted by Gasteiger charge is -2.19. The maximum Gasteiger partial charge on any atom is 0.131 e. The summed E-state index contributed by atoms with van der Waals surface area (Å²) in [7, 11) is 0. The predicted molar refractivity (Wildman–Crippen MR) is 75.9 cm³/mol. The van der Waals surface area contributed by atoms with Gasteiger partial charge in [-0.3, -0.25) is 0 Å². The van der Waals surface area contributed by atoms with E-state index in [1.165, 1.54) is 12.1 Å². The van der Waals surface area contributed by atoms with Crippen LogP contribution in [-0.4, -0.2) is 6.54 Å². The Kier molecular flexibility index (Phi) is 4.50. The van der Waals surface area contributed by atoms with Crippen molar-refractivity contribution in [2.24, 2.45) is 5.73 Å². The van der Waals surface area contributed by atoms with E-state index in [0.29, 0.717) is 5.56 Å². The van der Waals surface area contributed by atoms with E-state index in [4.69, 9.17) is 5.73 Å². The van der Waals surface area contributed by atoms with Crippen molar-refractivity contribution in [1.29, 1.82) is 0 Å². The fourth-order valence-corrected chi connectivity index (χ4v) is 2.06. The zero-order valence-corrected chi connectivity index (χ0v) is 11.6. The Morgan fingerprint density at radius 1 is 1.11 bits per heavy atom. The van der Waals surface area contributed by atoms with Gasteiger partial charge in [-0.2, -0.15) is 0 Å². The third-order valence-corrected chi connectivity index (χ3v) is 3.29. The lowest BCUT2D eigenvalue weighted by molar-refractivity contribution is 0.562. The summed E-state index contributed by atoms with van der Waals surface area (Å²) in [6, 6.07) is 10.6. The summed E-state index contributed by atoms with van der Waals surface area (Å²) < 4.78 is 27.6. The fourth-order valence-electron chi connectivity index (χ4n) is 1.80. The molecule has 0 amide bonds. The van der Waals surface area contributed by atoms with Gasteiger partial charge in [0.2, 0.25) is 0 Å². The normalized spacial score (nSPS) is 12.2. The third-order valence-electron chi connectivity index (χ3n) is 2.76. The van der Waals surface area contributed by atoms with Crippen molar-refractivity contribution in [2.45, 2.75) is 6.04 Å². The van der Waals surface area contributed by atoms with Gasteiger partial charge in [-0.15, -0.1) is 0 Å². The van der Waals surface area contributed by atoms with E-state index >= 15 is 0 Å². The van der Waals surface area contributed by atoms with Crippen molar-refractivity contribution in [1.82, 2.24) is 0 Å². The van der Waals surface area contributed by atoms with Crippen LogP contribution in [0.25, 0.3) is 0 Å². The van der Waals surface area contributed by atoms with Gasteiger partial charge >= 0.3 is 0 Å². The summed E-state index contributed by atoms with van der Waals surface area (Å²) in [5.74, 6) is -1.19. The van der Waals surface area contributed by atoms with Gasteiger partial charge in [-0.1, -0.05) is 22.0 Å². The standard InChI is InChI=1S/C14H13BrF2N2/c15-9-1-4-11(5-2-9)19-14(8-18)12-6-3-10(16)7-13(12)17/h1-7,14,19H,8,18H2. The Bertz CT molecular complexity index is 558. The first kappa shape index (κ1) is 14.0. The molecule has 19 heavy (non-hydrogen) atoms. The number of benzene rings is 2. The second kappa shape index (κ2) is 6.12. The zero-order valence-electron chi connectivity index (χ0n) is 10.0. The van der Waals surface area contributed by atoms with E-state index in [2.05, 4.69) is 21.2 Å². The second-order valence-corrected chi connectivity index (χ2v) is 5.02. The van der Waals surface area contributed by atoms with Crippen LogP contribution >= 0.6 is 15.9 Å². The van der Waals surface area contributed by atoms with Crippen LogP contribution in [0.4, 0.5) is 14.5 Å². The smallest absolute Gasteiger partial charge is 0.131 e. The van der Waals surface area contributed by atoms with E-state index in [9.17, 15) is 8.78 Å². The minimum atomic E-state index is -0.597. The van der Waals surface area contributed by atoms with E-state index in [1.807, 2.05) is 24.3 Å². The molecule has 3 N–H and O–H groups in total. The highest BCUT2D eigenvalue weighted by Crippen LogP contribution is 2.23. The molecular weight excluding hydrogens is 314 g/mol. The molecular formula is C14H13BrF2N2. The second-order valence-electron chi connectivity index (χ2n) is 4.11. The fraction of sp³-hybridized carbons (Fsp3) is 0.143. The molecule has 2 nitrogen and oxygen atoms in total. The molecule has 0 fully saturated rings. The van der Waals surface area contributed by atoms with Crippen LogP contribution < -0.4 is 11.1 Å². The van der Waals surface area contributed by atoms with Crippen LogP contribution in [0.1, 0.15) is 11.6 Å². The Morgan fingerprint density at radius 3 is 2.37 bits per heavy atom. The first-order valence-corrected chi connectivity index (χ1v) is 6.56. The van der Waals surface area contributed by atoms with Crippen LogP contribution in [0.3, 0.4) is 0 Å². The Labute approximate surface area is 118 Å². The molecule has 0 saturated heterocycles. The quantitative estimate of drug-likeness (QED) is 0.895. The first-order chi connectivity index (χ1) is 9.10. The molecule has 100 valence electrons. The molecule has 0 heterocycles. The number of nitrogens with two attached hydrogens (primary N) is 1. The van der Waals surface area contributed by atoms with Gasteiger partial charge in [0, 0.05) is 28.3 Å². The number of hydrogen-bond donors (Lipinski definition) is 2. The minimum Gasteiger partial charge on any atom is -0.377 e. The van der Waals surface area contributed by atoms with Crippen LogP contribution in [0.15, 0.2) is 46.9 Å². The summed E-state index contributed by atoms with van der Waals surface area (Å²) in [4.78, 5) is 0. The predicted octanol–water partition coefficient (Wildman–Crippen LogP) is 3.84. The van der Waals surface area contributed by atoms with Crippen LogP contribution in [0, 0.1) is 11.6 Å². The van der Waals surface area contributed by atoms with Crippen LogP contribution in [-0.2, 0) is 0 Å².